The van der Waals surface area contributed by atoms with Crippen LogP contribution in [0.4, 0.5) is 4.79 Å². The highest BCUT2D eigenvalue weighted by Gasteiger charge is 2.43. The zero-order chi connectivity index (χ0) is 48.4. The summed E-state index contributed by atoms with van der Waals surface area (Å²) in [4.78, 5) is 78.8. The monoisotopic (exact) mass is 944 g/mol. The zero-order valence-corrected chi connectivity index (χ0v) is 42.6. The van der Waals surface area contributed by atoms with Gasteiger partial charge in [-0.25, -0.2) is 9.78 Å². The smallest absolute Gasteiger partial charge is 0.410 e. The van der Waals surface area contributed by atoms with E-state index >= 15 is 0 Å². The second-order valence-electron chi connectivity index (χ2n) is 17.8. The van der Waals surface area contributed by atoms with Crippen molar-refractivity contribution >= 4 is 51.3 Å². The van der Waals surface area contributed by atoms with Gasteiger partial charge in [0.1, 0.15) is 17.2 Å². The highest BCUT2D eigenvalue weighted by molar-refractivity contribution is 8.76. The molecule has 65 heavy (non-hydrogen) atoms. The van der Waals surface area contributed by atoms with Crippen molar-refractivity contribution in [2.75, 3.05) is 54.2 Å². The van der Waals surface area contributed by atoms with Gasteiger partial charge in [0.25, 0.3) is 0 Å². The summed E-state index contributed by atoms with van der Waals surface area (Å²) >= 11 is 0. The Bertz CT molecular complexity index is 1780. The molecule has 0 radical (unpaired) electrons. The number of benzene rings is 1. The maximum atomic E-state index is 14.4. The molecule has 5 amide bonds. The molecule has 5 unspecified atom stereocenters. The van der Waals surface area contributed by atoms with Crippen molar-refractivity contribution < 1.29 is 38.2 Å². The van der Waals surface area contributed by atoms with Crippen molar-refractivity contribution in [3.05, 3.63) is 60.3 Å². The van der Waals surface area contributed by atoms with E-state index < -0.39 is 60.5 Å². The Balaban J connectivity index is 1.73. The number of carbonyl (C=O) groups excluding carboxylic acids is 5. The first-order valence-corrected chi connectivity index (χ1v) is 25.3. The highest BCUT2D eigenvalue weighted by atomic mass is 33.1. The molecule has 0 aliphatic carbocycles. The largest absolute Gasteiger partial charge is 0.439 e. The number of methoxy groups -OCH3 is 2. The third kappa shape index (κ3) is 15.9. The van der Waals surface area contributed by atoms with Gasteiger partial charge in [-0.15, -0.1) is 0 Å². The van der Waals surface area contributed by atoms with E-state index in [1.54, 1.807) is 79.9 Å². The average Bonchev–Trinajstić information content (AvgIpc) is 3.78. The summed E-state index contributed by atoms with van der Waals surface area (Å²) in [5.41, 5.74) is 0.736. The fraction of sp³-hybridized carbons (Fsp3) is 0.667. The van der Waals surface area contributed by atoms with Crippen LogP contribution in [-0.4, -0.2) is 146 Å². The molecule has 1 aromatic heterocycles. The van der Waals surface area contributed by atoms with Crippen LogP contribution in [0.2, 0.25) is 0 Å². The number of pyridine rings is 1. The molecule has 0 bridgehead atoms. The van der Waals surface area contributed by atoms with Gasteiger partial charge in [-0.05, 0) is 73.1 Å². The Morgan fingerprint density at radius 3 is 2.11 bits per heavy atom. The summed E-state index contributed by atoms with van der Waals surface area (Å²) in [7, 11) is 11.4. The number of ether oxygens (including phenoxy) is 3. The number of hydrogen-bond donors (Lipinski definition) is 3. The Kier molecular flexibility index (Phi) is 23.6. The number of amides is 5. The summed E-state index contributed by atoms with van der Waals surface area (Å²) in [6.45, 7) is 16.3. The molecule has 3 N–H and O–H groups in total. The minimum atomic E-state index is -0.782. The Labute approximate surface area is 396 Å². The van der Waals surface area contributed by atoms with Crippen LogP contribution in [0.3, 0.4) is 0 Å². The minimum absolute atomic E-state index is 0.00187. The Morgan fingerprint density at radius 1 is 0.877 bits per heavy atom. The van der Waals surface area contributed by atoms with E-state index in [4.69, 9.17) is 14.2 Å². The maximum absolute atomic E-state index is 14.4. The van der Waals surface area contributed by atoms with Crippen molar-refractivity contribution in [3.8, 4) is 0 Å². The SMILES string of the molecule is CC[C@H](C)[C@@H]([C@@H](CC(=O)N1CCCC1[C@H](OC)[C@@H](C)C(=O)NC(C)C(OC(=O)N(C)CCSSc1ccccn1)c1ccccc1)OC)N(C)C(=O)C(NC(=O)C(NC)C(C)C)C(C)C. The van der Waals surface area contributed by atoms with Crippen molar-refractivity contribution in [3.63, 3.8) is 0 Å². The van der Waals surface area contributed by atoms with Gasteiger partial charge in [0.2, 0.25) is 23.6 Å². The van der Waals surface area contributed by atoms with Gasteiger partial charge in [0, 0.05) is 53.4 Å². The molecule has 1 fully saturated rings. The molecule has 364 valence electrons. The fourth-order valence-electron chi connectivity index (χ4n) is 8.54. The lowest BCUT2D eigenvalue weighted by Gasteiger charge is -2.41. The first-order chi connectivity index (χ1) is 30.9. The van der Waals surface area contributed by atoms with E-state index in [0.29, 0.717) is 25.3 Å². The van der Waals surface area contributed by atoms with Crippen LogP contribution in [-0.2, 0) is 33.4 Å². The number of rotatable bonds is 26. The summed E-state index contributed by atoms with van der Waals surface area (Å²) < 4.78 is 18.2. The molecule has 15 nitrogen and oxygen atoms in total. The topological polar surface area (TPSA) is 172 Å². The zero-order valence-electron chi connectivity index (χ0n) is 40.9. The van der Waals surface area contributed by atoms with Crippen LogP contribution < -0.4 is 16.0 Å². The molecule has 0 spiro atoms. The van der Waals surface area contributed by atoms with Gasteiger partial charge in [0.15, 0.2) is 0 Å². The molecule has 1 saturated heterocycles. The minimum Gasteiger partial charge on any atom is -0.439 e. The van der Waals surface area contributed by atoms with Gasteiger partial charge in [-0.3, -0.25) is 19.2 Å². The van der Waals surface area contributed by atoms with Crippen molar-refractivity contribution in [2.24, 2.45) is 23.7 Å². The molecule has 2 heterocycles. The van der Waals surface area contributed by atoms with Crippen LogP contribution >= 0.6 is 21.6 Å². The summed E-state index contributed by atoms with van der Waals surface area (Å²) in [6, 6.07) is 12.3. The molecule has 3 rings (SSSR count). The van der Waals surface area contributed by atoms with E-state index in [-0.39, 0.29) is 47.8 Å². The van der Waals surface area contributed by atoms with E-state index in [1.807, 2.05) is 97.0 Å². The third-order valence-corrected chi connectivity index (χ3v) is 14.8. The fourth-order valence-corrected chi connectivity index (χ4v) is 10.5. The van der Waals surface area contributed by atoms with Gasteiger partial charge < -0.3 is 44.9 Å². The second-order valence-corrected chi connectivity index (χ2v) is 20.3. The number of nitrogens with one attached hydrogen (secondary N) is 3. The van der Waals surface area contributed by atoms with Crippen LogP contribution in [0.1, 0.15) is 92.7 Å². The second kappa shape index (κ2) is 27.7. The first-order valence-electron chi connectivity index (χ1n) is 23.0. The summed E-state index contributed by atoms with van der Waals surface area (Å²) in [5, 5.41) is 10.0. The van der Waals surface area contributed by atoms with Crippen molar-refractivity contribution in [1.82, 2.24) is 35.6 Å². The van der Waals surface area contributed by atoms with E-state index in [1.165, 1.54) is 4.90 Å². The quantitative estimate of drug-likeness (QED) is 0.0698. The van der Waals surface area contributed by atoms with Gasteiger partial charge in [-0.2, -0.15) is 0 Å². The van der Waals surface area contributed by atoms with Gasteiger partial charge in [0.05, 0.1) is 48.7 Å². The van der Waals surface area contributed by atoms with Crippen LogP contribution in [0.15, 0.2) is 59.8 Å². The lowest BCUT2D eigenvalue weighted by molar-refractivity contribution is -0.148. The molecule has 2 aromatic rings. The first kappa shape index (κ1) is 55.4. The number of carbonyl (C=O) groups is 5. The highest BCUT2D eigenvalue weighted by Crippen LogP contribution is 2.31. The Hall–Kier alpha value is -3.90. The Morgan fingerprint density at radius 2 is 1.54 bits per heavy atom. The summed E-state index contributed by atoms with van der Waals surface area (Å²) in [6.07, 6.45) is 1.24. The number of likely N-dealkylation sites (tertiary alicyclic amines) is 1. The lowest BCUT2D eigenvalue weighted by atomic mass is 9.89. The number of aromatic nitrogens is 1. The van der Waals surface area contributed by atoms with E-state index in [0.717, 1.165) is 23.4 Å². The maximum Gasteiger partial charge on any atom is 0.410 e. The predicted molar refractivity (Wildman–Crippen MR) is 259 cm³/mol. The van der Waals surface area contributed by atoms with Gasteiger partial charge >= 0.3 is 6.09 Å². The molecule has 1 aliphatic heterocycles. The predicted octanol–water partition coefficient (Wildman–Crippen LogP) is 6.44. The van der Waals surface area contributed by atoms with Crippen molar-refractivity contribution in [1.29, 1.82) is 0 Å². The molecule has 1 aromatic carbocycles. The standard InChI is InChI=1S/C48H77N7O8S2/c1-14-32(6)42(54(11)47(59)41(31(4)5)52-46(58)40(49-9)30(2)3)37(61-12)29-39(56)55-26-20-23-36(55)43(62-13)33(7)45(57)51-34(8)44(35-21-16-15-17-22-35)63-48(60)53(10)27-28-64-65-38-24-18-19-25-50-38/h15-19,21-22,24-25,30-34,36-37,40-44,49H,14,20,23,26-29H2,1-13H3,(H,51,57)(H,52,58)/t32-,33+,34?,36?,37+,40?,41?,42-,43+,44?/m0/s1. The number of nitrogens with zero attached hydrogens (tertiary/aromatic N) is 4. The molecule has 17 heteroatoms. The molecular weight excluding hydrogens is 867 g/mol. The summed E-state index contributed by atoms with van der Waals surface area (Å²) in [5.74, 6) is -1.20. The molecular formula is C48H77N7O8S2. The normalized spacial score (nSPS) is 18.1. The van der Waals surface area contributed by atoms with Crippen molar-refractivity contribution in [2.45, 2.75) is 135 Å². The lowest BCUT2D eigenvalue weighted by Crippen LogP contribution is -2.59. The number of likely N-dealkylation sites (N-methyl/N-ethyl adjacent to an activating group) is 2. The van der Waals surface area contributed by atoms with E-state index in [2.05, 4.69) is 20.9 Å². The van der Waals surface area contributed by atoms with Crippen LogP contribution in [0, 0.1) is 23.7 Å². The molecule has 0 saturated carbocycles. The molecule has 10 atom stereocenters. The van der Waals surface area contributed by atoms with Crippen LogP contribution in [0.5, 0.6) is 0 Å². The average molecular weight is 944 g/mol. The molecule has 1 aliphatic rings. The third-order valence-electron chi connectivity index (χ3n) is 12.5. The van der Waals surface area contributed by atoms with E-state index in [9.17, 15) is 24.0 Å². The van der Waals surface area contributed by atoms with Crippen LogP contribution in [0.25, 0.3) is 0 Å². The number of hydrogen-bond acceptors (Lipinski definition) is 12. The van der Waals surface area contributed by atoms with Gasteiger partial charge in [-0.1, -0.05) is 102 Å².